The van der Waals surface area contributed by atoms with Crippen LogP contribution in [-0.2, 0) is 9.59 Å². The van der Waals surface area contributed by atoms with Gasteiger partial charge in [-0.1, -0.05) is 65.0 Å². The third kappa shape index (κ3) is 3.74. The molecule has 0 bridgehead atoms. The predicted octanol–water partition coefficient (Wildman–Crippen LogP) is 5.56. The maximum absolute atomic E-state index is 13.1. The van der Waals surface area contributed by atoms with E-state index in [0.717, 1.165) is 36.6 Å². The number of nitrogens with zero attached hydrogens (tertiary/aromatic N) is 1. The third-order valence-electron chi connectivity index (χ3n) is 5.85. The Kier molecular flexibility index (Phi) is 5.89. The number of carbonyl (C=O) groups is 2. The summed E-state index contributed by atoms with van der Waals surface area (Å²) in [7, 11) is 0. The minimum atomic E-state index is -0.755. The van der Waals surface area contributed by atoms with E-state index in [-0.39, 0.29) is 28.1 Å². The van der Waals surface area contributed by atoms with E-state index < -0.39 is 17.7 Å². The van der Waals surface area contributed by atoms with E-state index in [9.17, 15) is 19.8 Å². The van der Waals surface area contributed by atoms with Gasteiger partial charge in [-0.05, 0) is 42.7 Å². The molecular weight excluding hydrogens is 470 g/mol. The van der Waals surface area contributed by atoms with Crippen LogP contribution in [0.4, 0.5) is 0 Å². The number of halogens is 2. The number of rotatable bonds is 3. The Bertz CT molecular complexity index is 1030. The Balaban J connectivity index is 1.88. The van der Waals surface area contributed by atoms with Crippen molar-refractivity contribution in [2.24, 2.45) is 0 Å². The van der Waals surface area contributed by atoms with Gasteiger partial charge in [0.2, 0.25) is 0 Å². The molecule has 2 fully saturated rings. The van der Waals surface area contributed by atoms with Crippen molar-refractivity contribution < 1.29 is 19.8 Å². The smallest absolute Gasteiger partial charge is 0.295 e. The minimum Gasteiger partial charge on any atom is -0.507 e. The number of ketones is 1. The van der Waals surface area contributed by atoms with Gasteiger partial charge in [-0.15, -0.1) is 0 Å². The normalized spacial score (nSPS) is 21.9. The van der Waals surface area contributed by atoms with Crippen LogP contribution in [0.15, 0.2) is 52.5 Å². The Morgan fingerprint density at radius 3 is 2.33 bits per heavy atom. The lowest BCUT2D eigenvalue weighted by Gasteiger charge is -2.35. The number of benzene rings is 2. The molecule has 1 saturated carbocycles. The molecule has 7 heteroatoms. The van der Waals surface area contributed by atoms with Gasteiger partial charge in [0.15, 0.2) is 0 Å². The Hall–Kier alpha value is -2.31. The van der Waals surface area contributed by atoms with Crippen LogP contribution in [-0.4, -0.2) is 32.8 Å². The molecule has 1 aliphatic heterocycles. The summed E-state index contributed by atoms with van der Waals surface area (Å²) in [5, 5.41) is 21.0. The molecule has 30 heavy (non-hydrogen) atoms. The number of aromatic hydroxyl groups is 1. The van der Waals surface area contributed by atoms with Crippen molar-refractivity contribution in [1.29, 1.82) is 0 Å². The summed E-state index contributed by atoms with van der Waals surface area (Å²) in [5.74, 6) is -1.60. The highest BCUT2D eigenvalue weighted by atomic mass is 79.9. The van der Waals surface area contributed by atoms with Crippen molar-refractivity contribution in [3.63, 3.8) is 0 Å². The fourth-order valence-electron chi connectivity index (χ4n) is 4.37. The van der Waals surface area contributed by atoms with Gasteiger partial charge in [-0.25, -0.2) is 0 Å². The second kappa shape index (κ2) is 8.44. The molecule has 1 aliphatic carbocycles. The molecule has 0 aromatic heterocycles. The summed E-state index contributed by atoms with van der Waals surface area (Å²) in [6.07, 6.45) is 4.71. The largest absolute Gasteiger partial charge is 0.507 e. The standard InChI is InChI=1S/C23H21BrClNO4/c24-15-9-6-13(7-10-15)21(28)19-20(14-8-11-18(27)17(25)12-14)26(23(30)22(19)29)16-4-2-1-3-5-16/h6-12,16,20,27-28H,1-5H2/b21-19-. The fourth-order valence-corrected chi connectivity index (χ4v) is 4.82. The summed E-state index contributed by atoms with van der Waals surface area (Å²) in [6.45, 7) is 0. The number of amides is 1. The van der Waals surface area contributed by atoms with Crippen LogP contribution in [0.25, 0.3) is 5.76 Å². The van der Waals surface area contributed by atoms with Crippen molar-refractivity contribution in [2.75, 3.05) is 0 Å². The van der Waals surface area contributed by atoms with Gasteiger partial charge < -0.3 is 15.1 Å². The molecule has 0 radical (unpaired) electrons. The van der Waals surface area contributed by atoms with E-state index in [2.05, 4.69) is 15.9 Å². The first-order valence-corrected chi connectivity index (χ1v) is 11.1. The highest BCUT2D eigenvalue weighted by molar-refractivity contribution is 9.10. The molecule has 1 heterocycles. The van der Waals surface area contributed by atoms with Gasteiger partial charge in [-0.2, -0.15) is 0 Å². The van der Waals surface area contributed by atoms with E-state index in [1.165, 1.54) is 6.07 Å². The first kappa shape index (κ1) is 20.9. The van der Waals surface area contributed by atoms with Gasteiger partial charge in [0.25, 0.3) is 11.7 Å². The molecule has 1 saturated heterocycles. The molecule has 1 amide bonds. The monoisotopic (exact) mass is 489 g/mol. The number of likely N-dealkylation sites (tertiary alicyclic amines) is 1. The second-order valence-corrected chi connectivity index (χ2v) is 9.04. The Morgan fingerprint density at radius 2 is 1.70 bits per heavy atom. The summed E-state index contributed by atoms with van der Waals surface area (Å²) < 4.78 is 0.837. The maximum Gasteiger partial charge on any atom is 0.295 e. The number of phenolic OH excluding ortho intramolecular Hbond substituents is 1. The summed E-state index contributed by atoms with van der Waals surface area (Å²) in [4.78, 5) is 27.8. The number of carbonyl (C=O) groups excluding carboxylic acids is 2. The average molecular weight is 491 g/mol. The maximum atomic E-state index is 13.1. The third-order valence-corrected chi connectivity index (χ3v) is 6.68. The van der Waals surface area contributed by atoms with Crippen LogP contribution in [0, 0.1) is 0 Å². The molecule has 5 nitrogen and oxygen atoms in total. The zero-order valence-corrected chi connectivity index (χ0v) is 18.5. The minimum absolute atomic E-state index is 0.0506. The van der Waals surface area contributed by atoms with Crippen molar-refractivity contribution in [3.05, 3.63) is 68.7 Å². The van der Waals surface area contributed by atoms with Crippen LogP contribution < -0.4 is 0 Å². The molecule has 0 spiro atoms. The quantitative estimate of drug-likeness (QED) is 0.335. The zero-order chi connectivity index (χ0) is 21.4. The SMILES string of the molecule is O=C1C(=O)N(C2CCCCC2)C(c2ccc(O)c(Cl)c2)/C1=C(/O)c1ccc(Br)cc1. The highest BCUT2D eigenvalue weighted by Gasteiger charge is 2.48. The van der Waals surface area contributed by atoms with Crippen LogP contribution in [0.3, 0.4) is 0 Å². The van der Waals surface area contributed by atoms with Gasteiger partial charge in [0, 0.05) is 16.1 Å². The van der Waals surface area contributed by atoms with E-state index in [1.54, 1.807) is 41.3 Å². The lowest BCUT2D eigenvalue weighted by Crippen LogP contribution is -2.40. The van der Waals surface area contributed by atoms with Crippen LogP contribution in [0.5, 0.6) is 5.75 Å². The van der Waals surface area contributed by atoms with Crippen LogP contribution in [0.2, 0.25) is 5.02 Å². The first-order chi connectivity index (χ1) is 14.4. The number of phenols is 1. The van der Waals surface area contributed by atoms with Crippen molar-refractivity contribution >= 4 is 45.0 Å². The number of Topliss-reactive ketones (excluding diaryl/α,β-unsaturated/α-hetero) is 1. The zero-order valence-electron chi connectivity index (χ0n) is 16.1. The molecule has 156 valence electrons. The van der Waals surface area contributed by atoms with Gasteiger partial charge in [0.1, 0.15) is 11.5 Å². The molecule has 1 atom stereocenters. The lowest BCUT2D eigenvalue weighted by molar-refractivity contribution is -0.141. The Labute approximate surface area is 188 Å². The first-order valence-electron chi connectivity index (χ1n) is 9.93. The van der Waals surface area contributed by atoms with E-state index in [0.29, 0.717) is 11.1 Å². The Morgan fingerprint density at radius 1 is 1.03 bits per heavy atom. The molecule has 2 N–H and O–H groups in total. The van der Waals surface area contributed by atoms with Gasteiger partial charge in [0.05, 0.1) is 16.6 Å². The summed E-state index contributed by atoms with van der Waals surface area (Å²) >= 11 is 9.50. The van der Waals surface area contributed by atoms with Crippen molar-refractivity contribution in [1.82, 2.24) is 4.90 Å². The van der Waals surface area contributed by atoms with E-state index in [4.69, 9.17) is 11.6 Å². The second-order valence-electron chi connectivity index (χ2n) is 7.72. The highest BCUT2D eigenvalue weighted by Crippen LogP contribution is 2.44. The van der Waals surface area contributed by atoms with E-state index in [1.807, 2.05) is 0 Å². The molecule has 2 aromatic rings. The van der Waals surface area contributed by atoms with E-state index >= 15 is 0 Å². The summed E-state index contributed by atoms with van der Waals surface area (Å²) in [5.41, 5.74) is 1.09. The molecule has 1 unspecified atom stereocenters. The van der Waals surface area contributed by atoms with Gasteiger partial charge in [-0.3, -0.25) is 9.59 Å². The van der Waals surface area contributed by atoms with Crippen LogP contribution >= 0.6 is 27.5 Å². The number of aliphatic hydroxyl groups is 1. The number of aliphatic hydroxyl groups excluding tert-OH is 1. The van der Waals surface area contributed by atoms with Crippen LogP contribution in [0.1, 0.15) is 49.3 Å². The summed E-state index contributed by atoms with van der Waals surface area (Å²) in [6, 6.07) is 10.7. The molecule has 2 aliphatic rings. The lowest BCUT2D eigenvalue weighted by atomic mass is 9.91. The molecular formula is C23H21BrClNO4. The average Bonchev–Trinajstić information content (AvgIpc) is 3.01. The van der Waals surface area contributed by atoms with Crippen molar-refractivity contribution in [2.45, 2.75) is 44.2 Å². The fraction of sp³-hybridized carbons (Fsp3) is 0.304. The number of hydrogen-bond acceptors (Lipinski definition) is 4. The molecule has 2 aromatic carbocycles. The predicted molar refractivity (Wildman–Crippen MR) is 118 cm³/mol. The van der Waals surface area contributed by atoms with Gasteiger partial charge >= 0.3 is 0 Å². The number of hydrogen-bond donors (Lipinski definition) is 2. The topological polar surface area (TPSA) is 77.8 Å². The molecule has 4 rings (SSSR count). The van der Waals surface area contributed by atoms with Crippen molar-refractivity contribution in [3.8, 4) is 5.75 Å².